The maximum atomic E-state index is 10.9. The summed E-state index contributed by atoms with van der Waals surface area (Å²) in [5.41, 5.74) is 3.60. The van der Waals surface area contributed by atoms with Crippen LogP contribution in [0.15, 0.2) is 36.4 Å². The number of nitrogens with zero attached hydrogens (tertiary/aromatic N) is 1. The molecule has 0 bridgehead atoms. The fourth-order valence-electron chi connectivity index (χ4n) is 4.50. The van der Waals surface area contributed by atoms with Gasteiger partial charge in [0.15, 0.2) is 11.5 Å². The van der Waals surface area contributed by atoms with E-state index in [1.807, 2.05) is 12.1 Å². The van der Waals surface area contributed by atoms with E-state index in [1.165, 1.54) is 16.7 Å². The van der Waals surface area contributed by atoms with Crippen LogP contribution in [0.1, 0.15) is 29.2 Å². The van der Waals surface area contributed by atoms with Gasteiger partial charge in [0.25, 0.3) is 0 Å². The summed E-state index contributed by atoms with van der Waals surface area (Å²) >= 11 is 0. The fraction of sp³-hybridized carbons (Fsp3) is 0.478. The standard InChI is InChI=1S/C23H31NO7S/c1-24(11-5-13-31-32(25,26)27)12-10-18-15-22(29-3)23(30-4)16-20(18)21(24)14-17-6-8-19(28-2)9-7-17/h6-9,15-16,21H,5,10-14H2,1-4H3/p+1. The second kappa shape index (κ2) is 10.1. The van der Waals surface area contributed by atoms with Crippen molar-refractivity contribution >= 4 is 10.4 Å². The summed E-state index contributed by atoms with van der Waals surface area (Å²) in [6.45, 7) is 1.53. The lowest BCUT2D eigenvalue weighted by Gasteiger charge is -2.46. The summed E-state index contributed by atoms with van der Waals surface area (Å²) in [7, 11) is 2.67. The molecule has 0 radical (unpaired) electrons. The van der Waals surface area contributed by atoms with Crippen LogP contribution in [0, 0.1) is 0 Å². The van der Waals surface area contributed by atoms with Crippen LogP contribution >= 0.6 is 0 Å². The third-order valence-corrected chi connectivity index (χ3v) is 6.75. The molecule has 0 amide bonds. The van der Waals surface area contributed by atoms with Crippen LogP contribution < -0.4 is 14.2 Å². The molecule has 1 heterocycles. The van der Waals surface area contributed by atoms with Crippen molar-refractivity contribution in [2.45, 2.75) is 25.3 Å². The molecule has 1 aliphatic rings. The molecular formula is C23H32NO7S+. The van der Waals surface area contributed by atoms with Gasteiger partial charge in [-0.25, -0.2) is 4.18 Å². The fourth-order valence-corrected chi connectivity index (χ4v) is 4.83. The highest BCUT2D eigenvalue weighted by Crippen LogP contribution is 2.42. The summed E-state index contributed by atoms with van der Waals surface area (Å²) in [6, 6.07) is 12.3. The Labute approximate surface area is 190 Å². The smallest absolute Gasteiger partial charge is 0.397 e. The van der Waals surface area contributed by atoms with Crippen LogP contribution in [0.25, 0.3) is 0 Å². The van der Waals surface area contributed by atoms with Gasteiger partial charge in [-0.1, -0.05) is 12.1 Å². The highest BCUT2D eigenvalue weighted by atomic mass is 32.3. The average molecular weight is 467 g/mol. The monoisotopic (exact) mass is 466 g/mol. The molecule has 0 saturated carbocycles. The van der Waals surface area contributed by atoms with Crippen LogP contribution in [-0.2, 0) is 27.4 Å². The number of quaternary nitrogens is 1. The van der Waals surface area contributed by atoms with Crippen molar-refractivity contribution in [1.29, 1.82) is 0 Å². The molecule has 8 nitrogen and oxygen atoms in total. The molecule has 32 heavy (non-hydrogen) atoms. The summed E-state index contributed by atoms with van der Waals surface area (Å²) in [5, 5.41) is 0. The second-order valence-electron chi connectivity index (χ2n) is 8.25. The lowest BCUT2D eigenvalue weighted by atomic mass is 9.86. The highest BCUT2D eigenvalue weighted by Gasteiger charge is 2.39. The van der Waals surface area contributed by atoms with Crippen LogP contribution in [0.2, 0.25) is 0 Å². The number of hydrogen-bond acceptors (Lipinski definition) is 6. The second-order valence-corrected chi connectivity index (χ2v) is 9.35. The van der Waals surface area contributed by atoms with Crippen molar-refractivity contribution < 1.29 is 35.8 Å². The number of rotatable bonds is 10. The Morgan fingerprint density at radius 2 is 1.69 bits per heavy atom. The third kappa shape index (κ3) is 5.72. The molecule has 2 unspecified atom stereocenters. The van der Waals surface area contributed by atoms with E-state index in [1.54, 1.807) is 21.3 Å². The molecule has 0 aromatic heterocycles. The predicted octanol–water partition coefficient (Wildman–Crippen LogP) is 3.21. The van der Waals surface area contributed by atoms with E-state index in [-0.39, 0.29) is 12.6 Å². The zero-order valence-corrected chi connectivity index (χ0v) is 19.9. The van der Waals surface area contributed by atoms with Gasteiger partial charge in [-0.2, -0.15) is 8.42 Å². The first kappa shape index (κ1) is 24.3. The van der Waals surface area contributed by atoms with E-state index in [2.05, 4.69) is 35.5 Å². The van der Waals surface area contributed by atoms with Gasteiger partial charge in [0.1, 0.15) is 11.8 Å². The van der Waals surface area contributed by atoms with Crippen molar-refractivity contribution in [2.75, 3.05) is 48.1 Å². The summed E-state index contributed by atoms with van der Waals surface area (Å²) in [6.07, 6.45) is 2.16. The quantitative estimate of drug-likeness (QED) is 0.327. The zero-order chi connectivity index (χ0) is 23.4. The number of hydrogen-bond donors (Lipinski definition) is 1. The molecule has 2 aromatic rings. The molecule has 0 spiro atoms. The van der Waals surface area contributed by atoms with Crippen molar-refractivity contribution in [3.05, 3.63) is 53.1 Å². The van der Waals surface area contributed by atoms with Crippen LogP contribution in [-0.4, -0.2) is 65.5 Å². The van der Waals surface area contributed by atoms with Crippen LogP contribution in [0.3, 0.4) is 0 Å². The average Bonchev–Trinajstić information content (AvgIpc) is 2.78. The normalized spacial score (nSPS) is 20.5. The number of fused-ring (bicyclic) bond motifs is 1. The summed E-state index contributed by atoms with van der Waals surface area (Å²) in [5.74, 6) is 2.21. The Morgan fingerprint density at radius 3 is 2.28 bits per heavy atom. The Balaban J connectivity index is 1.93. The number of likely N-dealkylation sites (N-methyl/N-ethyl adjacent to an activating group) is 1. The number of benzene rings is 2. The van der Waals surface area contributed by atoms with Gasteiger partial charge < -0.3 is 18.7 Å². The van der Waals surface area contributed by atoms with E-state index in [9.17, 15) is 8.42 Å². The molecule has 0 aliphatic carbocycles. The van der Waals surface area contributed by atoms with E-state index >= 15 is 0 Å². The minimum Gasteiger partial charge on any atom is -0.497 e. The van der Waals surface area contributed by atoms with Crippen molar-refractivity contribution in [1.82, 2.24) is 0 Å². The maximum absolute atomic E-state index is 10.9. The molecule has 176 valence electrons. The molecule has 9 heteroatoms. The largest absolute Gasteiger partial charge is 0.497 e. The van der Waals surface area contributed by atoms with Gasteiger partial charge in [0.05, 0.1) is 48.1 Å². The maximum Gasteiger partial charge on any atom is 0.397 e. The molecular weight excluding hydrogens is 434 g/mol. The Kier molecular flexibility index (Phi) is 7.66. The van der Waals surface area contributed by atoms with Crippen molar-refractivity contribution in [2.24, 2.45) is 0 Å². The van der Waals surface area contributed by atoms with Gasteiger partial charge in [0, 0.05) is 24.8 Å². The summed E-state index contributed by atoms with van der Waals surface area (Å²) in [4.78, 5) is 0. The van der Waals surface area contributed by atoms with E-state index in [0.717, 1.165) is 25.1 Å². The SMILES string of the molecule is COc1ccc(CC2c3cc(OC)c(OC)cc3CC[N+]2(C)CCCOS(=O)(=O)O)cc1. The van der Waals surface area contributed by atoms with E-state index in [0.29, 0.717) is 28.9 Å². The first-order valence-corrected chi connectivity index (χ1v) is 11.9. The topological polar surface area (TPSA) is 91.3 Å². The van der Waals surface area contributed by atoms with Gasteiger partial charge in [0.2, 0.25) is 0 Å². The van der Waals surface area contributed by atoms with Gasteiger partial charge >= 0.3 is 10.4 Å². The first-order valence-electron chi connectivity index (χ1n) is 10.5. The molecule has 2 atom stereocenters. The Bertz CT molecular complexity index is 1020. The molecule has 2 aromatic carbocycles. The molecule has 1 aliphatic heterocycles. The molecule has 0 saturated heterocycles. The van der Waals surface area contributed by atoms with Crippen molar-refractivity contribution in [3.63, 3.8) is 0 Å². The lowest BCUT2D eigenvalue weighted by molar-refractivity contribution is -0.941. The predicted molar refractivity (Wildman–Crippen MR) is 121 cm³/mol. The Hall–Kier alpha value is -2.33. The van der Waals surface area contributed by atoms with E-state index in [4.69, 9.17) is 18.8 Å². The zero-order valence-electron chi connectivity index (χ0n) is 19.0. The first-order chi connectivity index (χ1) is 15.2. The van der Waals surface area contributed by atoms with E-state index < -0.39 is 10.4 Å². The minimum atomic E-state index is -4.43. The highest BCUT2D eigenvalue weighted by molar-refractivity contribution is 7.80. The third-order valence-electron chi connectivity index (χ3n) is 6.28. The molecule has 0 fully saturated rings. The summed E-state index contributed by atoms with van der Waals surface area (Å²) < 4.78 is 52.3. The Morgan fingerprint density at radius 1 is 1.03 bits per heavy atom. The molecule has 3 rings (SSSR count). The van der Waals surface area contributed by atoms with Crippen LogP contribution in [0.4, 0.5) is 0 Å². The van der Waals surface area contributed by atoms with Gasteiger partial charge in [-0.05, 0) is 35.4 Å². The van der Waals surface area contributed by atoms with Crippen molar-refractivity contribution in [3.8, 4) is 17.2 Å². The molecule has 1 N–H and O–H groups in total. The number of methoxy groups -OCH3 is 3. The van der Waals surface area contributed by atoms with Crippen LogP contribution in [0.5, 0.6) is 17.2 Å². The van der Waals surface area contributed by atoms with Gasteiger partial charge in [-0.3, -0.25) is 4.55 Å². The van der Waals surface area contributed by atoms with Gasteiger partial charge in [-0.15, -0.1) is 0 Å². The minimum absolute atomic E-state index is 0.0548. The number of ether oxygens (including phenoxy) is 3. The lowest BCUT2D eigenvalue weighted by Crippen LogP contribution is -2.52.